The van der Waals surface area contributed by atoms with Crippen molar-refractivity contribution in [2.75, 3.05) is 13.1 Å². The number of aromatic nitrogens is 3. The number of halogens is 1. The molecule has 2 aromatic heterocycles. The van der Waals surface area contributed by atoms with Gasteiger partial charge in [-0.15, -0.1) is 0 Å². The molecule has 8 heteroatoms. The first-order valence-corrected chi connectivity index (χ1v) is 9.88. The highest BCUT2D eigenvalue weighted by atomic mass is 19.1. The fourth-order valence-corrected chi connectivity index (χ4v) is 3.59. The van der Waals surface area contributed by atoms with Crippen LogP contribution in [0, 0.1) is 11.7 Å². The Morgan fingerprint density at radius 1 is 1.13 bits per heavy atom. The van der Waals surface area contributed by atoms with Crippen LogP contribution in [-0.4, -0.2) is 45.0 Å². The molecule has 7 nitrogen and oxygen atoms in total. The van der Waals surface area contributed by atoms with Crippen LogP contribution in [0.4, 0.5) is 4.39 Å². The lowest BCUT2D eigenvalue weighted by molar-refractivity contribution is -0.126. The van der Waals surface area contributed by atoms with Crippen molar-refractivity contribution in [1.29, 1.82) is 0 Å². The summed E-state index contributed by atoms with van der Waals surface area (Å²) in [5.41, 5.74) is 2.47. The molecular weight excluding hydrogens is 385 g/mol. The van der Waals surface area contributed by atoms with Gasteiger partial charge < -0.3 is 10.2 Å². The third-order valence-electron chi connectivity index (χ3n) is 5.35. The molecule has 2 amide bonds. The molecule has 1 aliphatic rings. The van der Waals surface area contributed by atoms with E-state index in [0.29, 0.717) is 37.2 Å². The number of carbonyl (C=O) groups is 2. The second-order valence-electron chi connectivity index (χ2n) is 7.28. The first-order chi connectivity index (χ1) is 14.6. The van der Waals surface area contributed by atoms with E-state index in [0.717, 1.165) is 11.3 Å². The van der Waals surface area contributed by atoms with E-state index in [1.165, 1.54) is 6.07 Å². The number of benzene rings is 1. The smallest absolute Gasteiger partial charge is 0.274 e. The van der Waals surface area contributed by atoms with Crippen LogP contribution in [0.5, 0.6) is 0 Å². The third kappa shape index (κ3) is 4.37. The van der Waals surface area contributed by atoms with Crippen LogP contribution in [0.1, 0.15) is 28.9 Å². The Balaban J connectivity index is 1.30. The van der Waals surface area contributed by atoms with E-state index in [1.54, 1.807) is 41.6 Å². The quantitative estimate of drug-likeness (QED) is 0.680. The van der Waals surface area contributed by atoms with Crippen LogP contribution in [0.2, 0.25) is 0 Å². The highest BCUT2D eigenvalue weighted by molar-refractivity contribution is 5.93. The number of likely N-dealkylation sites (tertiary alicyclic amines) is 1. The van der Waals surface area contributed by atoms with E-state index >= 15 is 0 Å². The molecule has 4 rings (SSSR count). The van der Waals surface area contributed by atoms with Crippen molar-refractivity contribution in [3.8, 4) is 11.3 Å². The number of piperidine rings is 1. The zero-order valence-corrected chi connectivity index (χ0v) is 16.3. The zero-order chi connectivity index (χ0) is 20.9. The van der Waals surface area contributed by atoms with Gasteiger partial charge in [0.15, 0.2) is 5.69 Å². The number of rotatable bonds is 5. The van der Waals surface area contributed by atoms with Crippen molar-refractivity contribution < 1.29 is 14.0 Å². The SMILES string of the molecule is O=C(NCc1ccccc1F)C1CCN(C(=O)c2cc(-c3ccncc3)[nH]n2)CC1. The lowest BCUT2D eigenvalue weighted by Gasteiger charge is -2.30. The largest absolute Gasteiger partial charge is 0.352 e. The molecular formula is C22H22FN5O2. The molecule has 0 aliphatic carbocycles. The van der Waals surface area contributed by atoms with Gasteiger partial charge in [0.25, 0.3) is 5.91 Å². The zero-order valence-electron chi connectivity index (χ0n) is 16.3. The molecule has 154 valence electrons. The Hall–Kier alpha value is -3.55. The van der Waals surface area contributed by atoms with Gasteiger partial charge in [-0.25, -0.2) is 4.39 Å². The minimum absolute atomic E-state index is 0.106. The predicted octanol–water partition coefficient (Wildman–Crippen LogP) is 2.78. The van der Waals surface area contributed by atoms with Gasteiger partial charge in [0.2, 0.25) is 5.91 Å². The monoisotopic (exact) mass is 407 g/mol. The standard InChI is InChI=1S/C22H22FN5O2/c23-18-4-2-1-3-17(18)14-25-21(29)16-7-11-28(12-8-16)22(30)20-13-19(26-27-20)15-5-9-24-10-6-15/h1-6,9-10,13,16H,7-8,11-12,14H2,(H,25,29)(H,26,27). The topological polar surface area (TPSA) is 91.0 Å². The summed E-state index contributed by atoms with van der Waals surface area (Å²) in [6.07, 6.45) is 4.49. The van der Waals surface area contributed by atoms with Crippen LogP contribution < -0.4 is 5.32 Å². The number of hydrogen-bond donors (Lipinski definition) is 2. The van der Waals surface area contributed by atoms with Crippen molar-refractivity contribution in [2.45, 2.75) is 19.4 Å². The summed E-state index contributed by atoms with van der Waals surface area (Å²) in [6.45, 7) is 1.12. The van der Waals surface area contributed by atoms with Gasteiger partial charge in [-0.2, -0.15) is 5.10 Å². The number of nitrogens with zero attached hydrogens (tertiary/aromatic N) is 3. The summed E-state index contributed by atoms with van der Waals surface area (Å²) in [4.78, 5) is 30.9. The van der Waals surface area contributed by atoms with E-state index in [-0.39, 0.29) is 30.1 Å². The number of nitrogens with one attached hydrogen (secondary N) is 2. The highest BCUT2D eigenvalue weighted by Gasteiger charge is 2.28. The molecule has 3 heterocycles. The van der Waals surface area contributed by atoms with Crippen LogP contribution in [0.15, 0.2) is 54.9 Å². The number of carbonyl (C=O) groups excluding carboxylic acids is 2. The minimum atomic E-state index is -0.330. The molecule has 0 atom stereocenters. The van der Waals surface area contributed by atoms with Gasteiger partial charge in [-0.3, -0.25) is 19.7 Å². The number of aromatic amines is 1. The van der Waals surface area contributed by atoms with Crippen molar-refractivity contribution in [3.05, 3.63) is 71.9 Å². The van der Waals surface area contributed by atoms with Crippen molar-refractivity contribution in [1.82, 2.24) is 25.4 Å². The Morgan fingerprint density at radius 3 is 2.60 bits per heavy atom. The summed E-state index contributed by atoms with van der Waals surface area (Å²) >= 11 is 0. The Kier molecular flexibility index (Phi) is 5.83. The number of hydrogen-bond acceptors (Lipinski definition) is 4. The number of pyridine rings is 1. The molecule has 1 aromatic carbocycles. The average molecular weight is 407 g/mol. The first kappa shape index (κ1) is 19.8. The molecule has 0 unspecified atom stereocenters. The second kappa shape index (κ2) is 8.86. The highest BCUT2D eigenvalue weighted by Crippen LogP contribution is 2.21. The lowest BCUT2D eigenvalue weighted by Crippen LogP contribution is -2.43. The fraction of sp³-hybridized carbons (Fsp3) is 0.273. The molecule has 1 aliphatic heterocycles. The van der Waals surface area contributed by atoms with E-state index in [9.17, 15) is 14.0 Å². The third-order valence-corrected chi connectivity index (χ3v) is 5.35. The van der Waals surface area contributed by atoms with Crippen molar-refractivity contribution in [2.24, 2.45) is 5.92 Å². The molecule has 2 N–H and O–H groups in total. The normalized spacial score (nSPS) is 14.5. The van der Waals surface area contributed by atoms with Gasteiger partial charge >= 0.3 is 0 Å². The summed E-state index contributed by atoms with van der Waals surface area (Å²) in [5.74, 6) is -0.780. The molecule has 1 saturated heterocycles. The number of H-pyrrole nitrogens is 1. The van der Waals surface area contributed by atoms with Gasteiger partial charge in [-0.1, -0.05) is 18.2 Å². The summed E-state index contributed by atoms with van der Waals surface area (Å²) in [7, 11) is 0. The van der Waals surface area contributed by atoms with Crippen molar-refractivity contribution >= 4 is 11.8 Å². The van der Waals surface area contributed by atoms with Crippen LogP contribution in [0.3, 0.4) is 0 Å². The van der Waals surface area contributed by atoms with Crippen molar-refractivity contribution in [3.63, 3.8) is 0 Å². The molecule has 30 heavy (non-hydrogen) atoms. The van der Waals surface area contributed by atoms with Gasteiger partial charge in [-0.05, 0) is 37.1 Å². The van der Waals surface area contributed by atoms with Crippen LogP contribution in [0.25, 0.3) is 11.3 Å². The van der Waals surface area contributed by atoms with E-state index in [2.05, 4.69) is 20.5 Å². The maximum atomic E-state index is 13.7. The molecule has 1 fully saturated rings. The Morgan fingerprint density at radius 2 is 1.87 bits per heavy atom. The first-order valence-electron chi connectivity index (χ1n) is 9.88. The van der Waals surface area contributed by atoms with Gasteiger partial charge in [0.05, 0.1) is 5.69 Å². The summed E-state index contributed by atoms with van der Waals surface area (Å²) in [6, 6.07) is 11.8. The summed E-state index contributed by atoms with van der Waals surface area (Å²) < 4.78 is 13.7. The molecule has 0 bridgehead atoms. The predicted molar refractivity (Wildman–Crippen MR) is 109 cm³/mol. The maximum absolute atomic E-state index is 13.7. The molecule has 0 radical (unpaired) electrons. The maximum Gasteiger partial charge on any atom is 0.274 e. The van der Waals surface area contributed by atoms with Gasteiger partial charge in [0, 0.05) is 49.1 Å². The average Bonchev–Trinajstić information content (AvgIpc) is 3.29. The van der Waals surface area contributed by atoms with Gasteiger partial charge in [0.1, 0.15) is 5.82 Å². The van der Waals surface area contributed by atoms with E-state index in [4.69, 9.17) is 0 Å². The fourth-order valence-electron chi connectivity index (χ4n) is 3.59. The van der Waals surface area contributed by atoms with E-state index < -0.39 is 0 Å². The van der Waals surface area contributed by atoms with Crippen LogP contribution in [-0.2, 0) is 11.3 Å². The molecule has 0 spiro atoms. The minimum Gasteiger partial charge on any atom is -0.352 e. The second-order valence-corrected chi connectivity index (χ2v) is 7.28. The van der Waals surface area contributed by atoms with E-state index in [1.807, 2.05) is 12.1 Å². The number of amides is 2. The van der Waals surface area contributed by atoms with Crippen LogP contribution >= 0.6 is 0 Å². The lowest BCUT2D eigenvalue weighted by atomic mass is 9.95. The Labute approximate surface area is 173 Å². The molecule has 3 aromatic rings. The summed E-state index contributed by atoms with van der Waals surface area (Å²) in [5, 5.41) is 9.83. The molecule has 0 saturated carbocycles. The Bertz CT molecular complexity index is 1030.